The first-order valence-corrected chi connectivity index (χ1v) is 17.5. The number of hydrogen-bond acceptors (Lipinski definition) is 0. The average molecular weight is 418 g/mol. The molecule has 0 N–H and O–H groups in total. The van der Waals surface area contributed by atoms with Crippen LogP contribution in [0.2, 0.25) is 0 Å². The minimum atomic E-state index is -0.616. The van der Waals surface area contributed by atoms with Crippen LogP contribution in [0.3, 0.4) is 0 Å². The Bertz CT molecular complexity index is 237. The van der Waals surface area contributed by atoms with Crippen molar-refractivity contribution in [2.45, 2.75) is 136 Å². The molecule has 0 rings (SSSR count). The van der Waals surface area contributed by atoms with Crippen molar-refractivity contribution < 1.29 is 0 Å². The largest absolute Gasteiger partial charge is 0.0654 e. The standard InChI is InChI=1S/C25H55P2/c1-5-8-11-14-17-20-23-27(26-4,24-21-18-15-12-9-6-2)25-22-19-16-13-10-7-3/h26H,5-25H2,1-4H3/q+1. The smallest absolute Gasteiger partial charge is 0.0613 e. The van der Waals surface area contributed by atoms with Gasteiger partial charge in [-0.2, -0.15) is 0 Å². The van der Waals surface area contributed by atoms with E-state index < -0.39 is 6.95 Å². The van der Waals surface area contributed by atoms with E-state index >= 15 is 0 Å². The van der Waals surface area contributed by atoms with Crippen molar-refractivity contribution in [3.63, 3.8) is 0 Å². The zero-order valence-electron chi connectivity index (χ0n) is 19.8. The van der Waals surface area contributed by atoms with E-state index in [0.29, 0.717) is 0 Å². The van der Waals surface area contributed by atoms with E-state index in [1.807, 2.05) is 0 Å². The molecule has 0 aliphatic carbocycles. The van der Waals surface area contributed by atoms with Gasteiger partial charge in [0.2, 0.25) is 0 Å². The van der Waals surface area contributed by atoms with Crippen LogP contribution >= 0.6 is 15.2 Å². The van der Waals surface area contributed by atoms with Crippen LogP contribution in [-0.2, 0) is 0 Å². The van der Waals surface area contributed by atoms with Gasteiger partial charge in [-0.05, 0) is 45.2 Å². The molecule has 0 heterocycles. The molecule has 2 heteroatoms. The van der Waals surface area contributed by atoms with Crippen LogP contribution in [0.4, 0.5) is 0 Å². The summed E-state index contributed by atoms with van der Waals surface area (Å²) in [5, 5.41) is 0. The van der Waals surface area contributed by atoms with Gasteiger partial charge in [0.1, 0.15) is 0 Å². The van der Waals surface area contributed by atoms with Gasteiger partial charge >= 0.3 is 0 Å². The van der Waals surface area contributed by atoms with Crippen molar-refractivity contribution in [3.05, 3.63) is 0 Å². The number of hydrogen-bond donors (Lipinski definition) is 0. The van der Waals surface area contributed by atoms with E-state index in [9.17, 15) is 0 Å². The van der Waals surface area contributed by atoms with Crippen LogP contribution in [0.15, 0.2) is 0 Å². The second kappa shape index (κ2) is 21.6. The molecule has 164 valence electrons. The van der Waals surface area contributed by atoms with Gasteiger partial charge in [0, 0.05) is 15.2 Å². The van der Waals surface area contributed by atoms with Crippen LogP contribution in [-0.4, -0.2) is 25.2 Å². The van der Waals surface area contributed by atoms with Gasteiger partial charge < -0.3 is 0 Å². The molecular formula is C25H55P2+. The molecule has 0 saturated carbocycles. The van der Waals surface area contributed by atoms with Crippen molar-refractivity contribution in [2.75, 3.05) is 25.2 Å². The quantitative estimate of drug-likeness (QED) is 0.121. The van der Waals surface area contributed by atoms with Gasteiger partial charge in [0.15, 0.2) is 0 Å². The van der Waals surface area contributed by atoms with Crippen LogP contribution in [0.25, 0.3) is 0 Å². The SMILES string of the molecule is CCCCCCCC[P+](CCCCCCCC)(CCCCCCCC)PC. The molecular weight excluding hydrogens is 362 g/mol. The Morgan fingerprint density at radius 2 is 0.667 bits per heavy atom. The fraction of sp³-hybridized carbons (Fsp3) is 1.00. The summed E-state index contributed by atoms with van der Waals surface area (Å²) in [6.07, 6.45) is 31.5. The van der Waals surface area contributed by atoms with Gasteiger partial charge in [-0.1, -0.05) is 97.8 Å². The first-order valence-electron chi connectivity index (χ1n) is 12.8. The van der Waals surface area contributed by atoms with Gasteiger partial charge in [-0.25, -0.2) is 0 Å². The predicted molar refractivity (Wildman–Crippen MR) is 136 cm³/mol. The lowest BCUT2D eigenvalue weighted by atomic mass is 10.1. The fourth-order valence-corrected chi connectivity index (χ4v) is 11.5. The van der Waals surface area contributed by atoms with Crippen LogP contribution in [0.5, 0.6) is 0 Å². The van der Waals surface area contributed by atoms with Crippen molar-refractivity contribution in [2.24, 2.45) is 0 Å². The van der Waals surface area contributed by atoms with Crippen molar-refractivity contribution in [1.82, 2.24) is 0 Å². The molecule has 0 nitrogen and oxygen atoms in total. The third-order valence-corrected chi connectivity index (χ3v) is 15.6. The zero-order chi connectivity index (χ0) is 20.1. The Morgan fingerprint density at radius 1 is 0.407 bits per heavy atom. The maximum atomic E-state index is 2.57. The average Bonchev–Trinajstić information content (AvgIpc) is 2.69. The Hall–Kier alpha value is 0.860. The maximum absolute atomic E-state index is 2.57. The molecule has 0 radical (unpaired) electrons. The minimum absolute atomic E-state index is 0.616. The topological polar surface area (TPSA) is 0 Å². The highest BCUT2D eigenvalue weighted by molar-refractivity contribution is 8.31. The Balaban J connectivity index is 4.23. The first kappa shape index (κ1) is 27.9. The molecule has 0 aromatic carbocycles. The molecule has 0 aliphatic heterocycles. The lowest BCUT2D eigenvalue weighted by Crippen LogP contribution is -2.05. The summed E-state index contributed by atoms with van der Waals surface area (Å²) >= 11 is 0. The van der Waals surface area contributed by atoms with Gasteiger partial charge in [0.25, 0.3) is 0 Å². The zero-order valence-corrected chi connectivity index (χ0v) is 21.7. The summed E-state index contributed by atoms with van der Waals surface area (Å²) in [6.45, 7) is 8.94. The molecule has 0 spiro atoms. The van der Waals surface area contributed by atoms with Gasteiger partial charge in [-0.3, -0.25) is 0 Å². The molecule has 27 heavy (non-hydrogen) atoms. The highest BCUT2D eigenvalue weighted by Crippen LogP contribution is 2.74. The lowest BCUT2D eigenvalue weighted by molar-refractivity contribution is 0.617. The highest BCUT2D eigenvalue weighted by Gasteiger charge is 2.33. The molecule has 1 atom stereocenters. The fourth-order valence-electron chi connectivity index (χ4n) is 4.26. The second-order valence-electron chi connectivity index (χ2n) is 8.84. The van der Waals surface area contributed by atoms with Gasteiger partial charge in [0.05, 0.1) is 18.5 Å². The monoisotopic (exact) mass is 417 g/mol. The minimum Gasteiger partial charge on any atom is -0.0654 e. The van der Waals surface area contributed by atoms with E-state index in [0.717, 1.165) is 0 Å². The molecule has 0 bridgehead atoms. The van der Waals surface area contributed by atoms with Gasteiger partial charge in [-0.15, -0.1) is 0 Å². The maximum Gasteiger partial charge on any atom is 0.0613 e. The molecule has 0 fully saturated rings. The van der Waals surface area contributed by atoms with E-state index in [2.05, 4.69) is 27.4 Å². The summed E-state index contributed by atoms with van der Waals surface area (Å²) in [6, 6.07) is 0. The van der Waals surface area contributed by atoms with Crippen LogP contribution in [0, 0.1) is 0 Å². The van der Waals surface area contributed by atoms with Crippen molar-refractivity contribution in [1.29, 1.82) is 0 Å². The second-order valence-corrected chi connectivity index (χ2v) is 17.1. The number of unbranched alkanes of at least 4 members (excludes halogenated alkanes) is 15. The molecule has 0 aromatic rings. The Kier molecular flexibility index (Phi) is 22.3. The normalized spacial score (nSPS) is 12.4. The molecule has 0 saturated heterocycles. The summed E-state index contributed by atoms with van der Waals surface area (Å²) in [5.41, 5.74) is 0. The van der Waals surface area contributed by atoms with Crippen molar-refractivity contribution >= 4 is 15.2 Å². The van der Waals surface area contributed by atoms with E-state index in [-0.39, 0.29) is 0 Å². The molecule has 0 amide bonds. The van der Waals surface area contributed by atoms with Crippen molar-refractivity contribution in [3.8, 4) is 0 Å². The molecule has 0 aliphatic rings. The molecule has 1 unspecified atom stereocenters. The predicted octanol–water partition coefficient (Wildman–Crippen LogP) is 10.3. The highest BCUT2D eigenvalue weighted by atomic mass is 32.1. The molecule has 0 aromatic heterocycles. The summed E-state index contributed by atoms with van der Waals surface area (Å²) in [4.78, 5) is 0. The van der Waals surface area contributed by atoms with E-state index in [1.165, 1.54) is 105 Å². The third-order valence-electron chi connectivity index (χ3n) is 6.29. The Labute approximate surface area is 176 Å². The summed E-state index contributed by atoms with van der Waals surface area (Å²) in [7, 11) is 1.27. The van der Waals surface area contributed by atoms with E-state index in [1.54, 1.807) is 37.7 Å². The van der Waals surface area contributed by atoms with E-state index in [4.69, 9.17) is 0 Å². The van der Waals surface area contributed by atoms with Crippen LogP contribution < -0.4 is 0 Å². The third kappa shape index (κ3) is 17.4. The van der Waals surface area contributed by atoms with Crippen LogP contribution in [0.1, 0.15) is 136 Å². The lowest BCUT2D eigenvalue weighted by Gasteiger charge is -2.26. The first-order chi connectivity index (χ1) is 13.2. The summed E-state index contributed by atoms with van der Waals surface area (Å²) in [5.74, 6) is 0. The Morgan fingerprint density at radius 3 is 0.926 bits per heavy atom. The summed E-state index contributed by atoms with van der Waals surface area (Å²) < 4.78 is 0. The number of rotatable bonds is 22.